The molecule has 7 heteroatoms. The lowest BCUT2D eigenvalue weighted by Crippen LogP contribution is -2.26. The number of fused-ring (bicyclic) bond motifs is 2. The van der Waals surface area contributed by atoms with Crippen molar-refractivity contribution in [2.45, 2.75) is 37.3 Å². The van der Waals surface area contributed by atoms with E-state index in [2.05, 4.69) is 11.1 Å². The van der Waals surface area contributed by atoms with Gasteiger partial charge in [-0.2, -0.15) is 0 Å². The SMILES string of the molecule is COc1ccc(C(O)Cc2c(Cl)cncc2Cl)cc1OC1CC2C=CC1O2. The summed E-state index contributed by atoms with van der Waals surface area (Å²) in [4.78, 5) is 3.94. The van der Waals surface area contributed by atoms with Crippen molar-refractivity contribution in [3.8, 4) is 11.5 Å². The number of ether oxygens (including phenoxy) is 3. The fraction of sp³-hybridized carbons (Fsp3) is 0.350. The quantitative estimate of drug-likeness (QED) is 0.728. The van der Waals surface area contributed by atoms with Crippen LogP contribution in [-0.4, -0.2) is 35.5 Å². The van der Waals surface area contributed by atoms with Gasteiger partial charge in [0.25, 0.3) is 0 Å². The molecule has 0 spiro atoms. The second-order valence-electron chi connectivity index (χ2n) is 6.63. The predicted molar refractivity (Wildman–Crippen MR) is 103 cm³/mol. The Hall–Kier alpha value is -1.79. The molecule has 1 saturated heterocycles. The topological polar surface area (TPSA) is 60.8 Å². The van der Waals surface area contributed by atoms with Gasteiger partial charge in [-0.05, 0) is 23.3 Å². The molecule has 5 nitrogen and oxygen atoms in total. The van der Waals surface area contributed by atoms with Gasteiger partial charge >= 0.3 is 0 Å². The van der Waals surface area contributed by atoms with Crippen molar-refractivity contribution < 1.29 is 19.3 Å². The zero-order chi connectivity index (χ0) is 19.0. The molecule has 1 aromatic carbocycles. The summed E-state index contributed by atoms with van der Waals surface area (Å²) in [6, 6.07) is 5.38. The molecule has 27 heavy (non-hydrogen) atoms. The molecule has 2 aliphatic rings. The van der Waals surface area contributed by atoms with Gasteiger partial charge in [0.1, 0.15) is 12.2 Å². The highest BCUT2D eigenvalue weighted by Gasteiger charge is 2.38. The number of nitrogens with zero attached hydrogens (tertiary/aromatic N) is 1. The van der Waals surface area contributed by atoms with E-state index < -0.39 is 6.10 Å². The highest BCUT2D eigenvalue weighted by atomic mass is 35.5. The fourth-order valence-electron chi connectivity index (χ4n) is 3.45. The maximum absolute atomic E-state index is 10.7. The third-order valence-electron chi connectivity index (χ3n) is 4.88. The number of halogens is 2. The van der Waals surface area contributed by atoms with Crippen molar-refractivity contribution in [2.24, 2.45) is 0 Å². The first-order chi connectivity index (χ1) is 13.0. The van der Waals surface area contributed by atoms with Gasteiger partial charge in [-0.3, -0.25) is 4.98 Å². The standard InChI is InChI=1S/C20H19Cl2NO4/c1-25-17-4-2-11(16(24)8-13-14(21)9-23-10-15(13)22)6-19(17)27-20-7-12-3-5-18(20)26-12/h2-6,9-10,12,16,18,20,24H,7-8H2,1H3. The Morgan fingerprint density at radius 2 is 2.00 bits per heavy atom. The van der Waals surface area contributed by atoms with Crippen molar-refractivity contribution in [3.05, 3.63) is 63.9 Å². The maximum Gasteiger partial charge on any atom is 0.162 e. The van der Waals surface area contributed by atoms with Crippen LogP contribution in [0, 0.1) is 0 Å². The van der Waals surface area contributed by atoms with Gasteiger partial charge in [0.2, 0.25) is 0 Å². The number of aliphatic hydroxyl groups is 1. The summed E-state index contributed by atoms with van der Waals surface area (Å²) in [5, 5.41) is 11.6. The van der Waals surface area contributed by atoms with Crippen LogP contribution in [0.2, 0.25) is 10.0 Å². The van der Waals surface area contributed by atoms with E-state index in [-0.39, 0.29) is 24.7 Å². The number of hydrogen-bond donors (Lipinski definition) is 1. The fourth-order valence-corrected chi connectivity index (χ4v) is 3.97. The first-order valence-corrected chi connectivity index (χ1v) is 9.45. The summed E-state index contributed by atoms with van der Waals surface area (Å²) in [6.45, 7) is 0. The highest BCUT2D eigenvalue weighted by Crippen LogP contribution is 2.37. The lowest BCUT2D eigenvalue weighted by Gasteiger charge is -2.21. The summed E-state index contributed by atoms with van der Waals surface area (Å²) in [6.07, 6.45) is 7.41. The van der Waals surface area contributed by atoms with E-state index in [0.29, 0.717) is 32.7 Å². The van der Waals surface area contributed by atoms with Gasteiger partial charge in [0.05, 0.1) is 29.4 Å². The van der Waals surface area contributed by atoms with Gasteiger partial charge in [0, 0.05) is 25.2 Å². The van der Waals surface area contributed by atoms with E-state index >= 15 is 0 Å². The number of hydrogen-bond acceptors (Lipinski definition) is 5. The summed E-state index contributed by atoms with van der Waals surface area (Å²) < 4.78 is 17.3. The number of pyridine rings is 1. The molecule has 0 radical (unpaired) electrons. The first-order valence-electron chi connectivity index (χ1n) is 8.69. The van der Waals surface area contributed by atoms with Crippen LogP contribution in [0.15, 0.2) is 42.7 Å². The van der Waals surface area contributed by atoms with Crippen molar-refractivity contribution in [2.75, 3.05) is 7.11 Å². The number of rotatable bonds is 6. The van der Waals surface area contributed by atoms with E-state index in [1.54, 1.807) is 25.3 Å². The third kappa shape index (κ3) is 3.78. The van der Waals surface area contributed by atoms with E-state index in [4.69, 9.17) is 37.4 Å². The van der Waals surface area contributed by atoms with Crippen molar-refractivity contribution in [1.82, 2.24) is 4.98 Å². The van der Waals surface area contributed by atoms with Crippen LogP contribution < -0.4 is 9.47 Å². The molecule has 0 aliphatic carbocycles. The maximum atomic E-state index is 10.7. The second-order valence-corrected chi connectivity index (χ2v) is 7.44. The van der Waals surface area contributed by atoms with Gasteiger partial charge < -0.3 is 19.3 Å². The number of methoxy groups -OCH3 is 1. The van der Waals surface area contributed by atoms with Gasteiger partial charge in [-0.25, -0.2) is 0 Å². The minimum Gasteiger partial charge on any atom is -0.493 e. The second kappa shape index (κ2) is 7.68. The molecule has 2 aliphatic heterocycles. The lowest BCUT2D eigenvalue weighted by atomic mass is 10.0. The van der Waals surface area contributed by atoms with E-state index in [0.717, 1.165) is 6.42 Å². The summed E-state index contributed by atoms with van der Waals surface area (Å²) >= 11 is 12.3. The largest absolute Gasteiger partial charge is 0.493 e. The Morgan fingerprint density at radius 1 is 1.22 bits per heavy atom. The molecule has 2 bridgehead atoms. The highest BCUT2D eigenvalue weighted by molar-refractivity contribution is 6.35. The average Bonchev–Trinajstić information content (AvgIpc) is 3.28. The Bertz CT molecular complexity index is 853. The number of benzene rings is 1. The van der Waals surface area contributed by atoms with Crippen LogP contribution in [0.5, 0.6) is 11.5 Å². The normalized spacial score (nSPS) is 24.2. The minimum absolute atomic E-state index is 0.0392. The Balaban J connectivity index is 1.55. The zero-order valence-corrected chi connectivity index (χ0v) is 16.2. The molecule has 1 aromatic heterocycles. The van der Waals surface area contributed by atoms with Crippen LogP contribution in [0.4, 0.5) is 0 Å². The van der Waals surface area contributed by atoms with Crippen LogP contribution >= 0.6 is 23.2 Å². The monoisotopic (exact) mass is 407 g/mol. The first kappa shape index (κ1) is 18.6. The number of aliphatic hydroxyl groups excluding tert-OH is 1. The van der Waals surface area contributed by atoms with Crippen LogP contribution in [0.25, 0.3) is 0 Å². The lowest BCUT2D eigenvalue weighted by molar-refractivity contribution is 0.0786. The Labute approximate surface area is 167 Å². The molecule has 2 aromatic rings. The molecular formula is C20H19Cl2NO4. The van der Waals surface area contributed by atoms with Crippen LogP contribution in [0.1, 0.15) is 23.7 Å². The van der Waals surface area contributed by atoms with E-state index in [1.165, 1.54) is 12.4 Å². The summed E-state index contributed by atoms with van der Waals surface area (Å²) in [5.74, 6) is 1.19. The van der Waals surface area contributed by atoms with Gasteiger partial charge in [-0.1, -0.05) is 41.4 Å². The van der Waals surface area contributed by atoms with E-state index in [1.807, 2.05) is 6.08 Å². The van der Waals surface area contributed by atoms with Gasteiger partial charge in [0.15, 0.2) is 11.5 Å². The Kier molecular flexibility index (Phi) is 5.28. The van der Waals surface area contributed by atoms with Crippen LogP contribution in [0.3, 0.4) is 0 Å². The molecule has 0 amide bonds. The molecule has 4 rings (SSSR count). The number of aromatic nitrogens is 1. The predicted octanol–water partition coefficient (Wildman–Crippen LogP) is 4.15. The molecule has 142 valence electrons. The molecule has 1 N–H and O–H groups in total. The van der Waals surface area contributed by atoms with Crippen molar-refractivity contribution in [3.63, 3.8) is 0 Å². The smallest absolute Gasteiger partial charge is 0.162 e. The molecule has 4 atom stereocenters. The average molecular weight is 408 g/mol. The molecule has 1 fully saturated rings. The summed E-state index contributed by atoms with van der Waals surface area (Å²) in [5.41, 5.74) is 1.35. The third-order valence-corrected chi connectivity index (χ3v) is 5.53. The van der Waals surface area contributed by atoms with E-state index in [9.17, 15) is 5.11 Å². The van der Waals surface area contributed by atoms with Gasteiger partial charge in [-0.15, -0.1) is 0 Å². The van der Waals surface area contributed by atoms with Crippen molar-refractivity contribution in [1.29, 1.82) is 0 Å². The Morgan fingerprint density at radius 3 is 2.63 bits per heavy atom. The van der Waals surface area contributed by atoms with Crippen LogP contribution in [-0.2, 0) is 11.2 Å². The molecular weight excluding hydrogens is 389 g/mol. The molecule has 4 unspecified atom stereocenters. The summed E-state index contributed by atoms with van der Waals surface area (Å²) in [7, 11) is 1.59. The molecule has 3 heterocycles. The molecule has 0 saturated carbocycles. The van der Waals surface area contributed by atoms with Crippen molar-refractivity contribution >= 4 is 23.2 Å². The minimum atomic E-state index is -0.799. The zero-order valence-electron chi connectivity index (χ0n) is 14.6.